The minimum Gasteiger partial charge on any atom is -0.377 e. The first-order chi connectivity index (χ1) is 48.5. The third kappa shape index (κ3) is 19.3. The zero-order valence-corrected chi connectivity index (χ0v) is 61.2. The number of amides is 11. The highest BCUT2D eigenvalue weighted by Crippen LogP contribution is 2.46. The van der Waals surface area contributed by atoms with E-state index >= 15 is 37.5 Å². The summed E-state index contributed by atoms with van der Waals surface area (Å²) in [7, 11) is 6.91. The molecule has 8 rings (SSSR count). The average molecular weight is 1470 g/mol. The Hall–Kier alpha value is -6.69. The Morgan fingerprint density at radius 1 is 0.602 bits per heavy atom. The third-order valence-corrected chi connectivity index (χ3v) is 23.8. The molecule has 4 aliphatic heterocycles. The second kappa shape index (κ2) is 35.1. The second-order valence-electron chi connectivity index (χ2n) is 30.6. The van der Waals surface area contributed by atoms with E-state index < -0.39 is 206 Å². The zero-order valence-electron chi connectivity index (χ0n) is 61.2. The van der Waals surface area contributed by atoms with Gasteiger partial charge in [0.2, 0.25) is 65.0 Å². The van der Waals surface area contributed by atoms with Gasteiger partial charge in [0.15, 0.2) is 0 Å². The lowest BCUT2D eigenvalue weighted by atomic mass is 9.74. The van der Waals surface area contributed by atoms with Gasteiger partial charge in [0.05, 0.1) is 25.1 Å². The van der Waals surface area contributed by atoms with Crippen LogP contribution in [0.3, 0.4) is 0 Å². The van der Waals surface area contributed by atoms with Gasteiger partial charge in [0.25, 0.3) is 0 Å². The molecule has 7 fully saturated rings. The van der Waals surface area contributed by atoms with Crippen molar-refractivity contribution in [2.45, 2.75) is 266 Å². The fourth-order valence-electron chi connectivity index (χ4n) is 17.2. The Morgan fingerprint density at radius 3 is 1.84 bits per heavy atom. The van der Waals surface area contributed by atoms with Crippen LogP contribution in [0, 0.1) is 35.5 Å². The number of ether oxygens (including phenoxy) is 1. The average Bonchev–Trinajstić information content (AvgIpc) is 1.74. The maximum absolute atomic E-state index is 15.5. The SMILES string of the molecule is CCO[C@@H]1C[C@H]2C(=O)NC3(CCC3)C(=O)N(C)[C@@H](C3CCCC3)C(=O)N3CCC[C@@H]3CC(=O)N(C)[C@@H](CC)C(=O)N[C@@H]([C@@H](C)CC)C(=O)N(C)CC(=O)N(C)[C@H]3C/C=C\CCN(C3=O)[C@@H](CC3CCC(C(F)(F)F)CC3)C(=O)N(C)CC(=O)N[C@@H](CCC3CC(F)C(C(F)(F)F)C(F)C3)C(=O)N2C1. The summed E-state index contributed by atoms with van der Waals surface area (Å²) < 4.78 is 121. The second-order valence-corrected chi connectivity index (χ2v) is 30.6. The number of nitrogens with zero attached hydrogens (tertiary/aromatic N) is 8. The van der Waals surface area contributed by atoms with E-state index in [-0.39, 0.29) is 122 Å². The Labute approximate surface area is 599 Å². The van der Waals surface area contributed by atoms with Gasteiger partial charge in [0, 0.05) is 80.4 Å². The van der Waals surface area contributed by atoms with Gasteiger partial charge in [-0.1, -0.05) is 52.2 Å². The molecule has 580 valence electrons. The van der Waals surface area contributed by atoms with Crippen LogP contribution in [0.15, 0.2) is 12.2 Å². The normalized spacial score (nSPS) is 33.5. The van der Waals surface area contributed by atoms with E-state index in [1.54, 1.807) is 44.7 Å². The van der Waals surface area contributed by atoms with Crippen molar-refractivity contribution in [1.82, 2.24) is 55.1 Å². The van der Waals surface area contributed by atoms with Crippen LogP contribution in [0.5, 0.6) is 0 Å². The standard InChI is InChI=1S/C72H109F8N11O12/c1-10-42(4)60-67(100)85(6)41-58(94)87(8)53-23-14-13-17-32-90(66(53)99)55(36-43-24-27-46(28-25-43)71(75,76)77)65(98)84(5)40-56(92)81-51(29-26-44-34-49(73)59(50(74)35-44)72(78,79)80)64(97)91-39-48(103-12-3)38-54(91)63(96)83-70(30-19-31-70)69(102)88(9)61(45-20-15-16-21-45)68(101)89-33-18-22-47(89)37-57(93)86(7)52(11-2)62(95)82-60/h13-14,42-55,59-61H,10-12,15-41H2,1-9H3,(H,81,92)(H,82,95)(H,83,96)/b14-13-/t42-,43?,44?,46?,47+,48+,49?,50?,51-,52-,53-,54-,55-,59?,60-,61-/m0/s1. The zero-order chi connectivity index (χ0) is 75.7. The molecule has 0 radical (unpaired) electrons. The number of hydrogen-bond acceptors (Lipinski definition) is 12. The molecule has 0 aromatic heterocycles. The van der Waals surface area contributed by atoms with Gasteiger partial charge in [-0.3, -0.25) is 52.7 Å². The molecule has 2 bridgehead atoms. The van der Waals surface area contributed by atoms with Crippen molar-refractivity contribution in [3.05, 3.63) is 12.2 Å². The first-order valence-electron chi connectivity index (χ1n) is 37.4. The summed E-state index contributed by atoms with van der Waals surface area (Å²) >= 11 is 0. The molecular formula is C72H109F8N11O12. The van der Waals surface area contributed by atoms with Crippen LogP contribution < -0.4 is 16.0 Å². The molecule has 4 heterocycles. The number of nitrogens with one attached hydrogen (secondary N) is 3. The van der Waals surface area contributed by atoms with Gasteiger partial charge in [-0.2, -0.15) is 26.3 Å². The van der Waals surface area contributed by atoms with E-state index in [0.717, 1.165) is 32.4 Å². The molecule has 3 saturated heterocycles. The van der Waals surface area contributed by atoms with Gasteiger partial charge < -0.3 is 59.9 Å². The van der Waals surface area contributed by atoms with Crippen LogP contribution in [0.25, 0.3) is 0 Å². The van der Waals surface area contributed by atoms with Crippen molar-refractivity contribution in [2.75, 3.05) is 74.6 Å². The molecule has 3 N–H and O–H groups in total. The minimum absolute atomic E-state index is 0.0113. The molecule has 8 aliphatic rings. The predicted octanol–water partition coefficient (Wildman–Crippen LogP) is 6.79. The van der Waals surface area contributed by atoms with Crippen LogP contribution in [0.4, 0.5) is 35.1 Å². The van der Waals surface area contributed by atoms with Crippen molar-refractivity contribution < 1.29 is 92.6 Å². The monoisotopic (exact) mass is 1470 g/mol. The van der Waals surface area contributed by atoms with Crippen molar-refractivity contribution in [2.24, 2.45) is 35.5 Å². The molecule has 0 aromatic rings. The van der Waals surface area contributed by atoms with Crippen LogP contribution in [0.1, 0.15) is 182 Å². The number of carbonyl (C=O) groups is 11. The first kappa shape index (κ1) is 82.0. The van der Waals surface area contributed by atoms with Gasteiger partial charge in [-0.15, -0.1) is 0 Å². The number of carbonyl (C=O) groups excluding carboxylic acids is 11. The molecule has 4 saturated carbocycles. The van der Waals surface area contributed by atoms with Gasteiger partial charge in [-0.25, -0.2) is 8.78 Å². The summed E-state index contributed by atoms with van der Waals surface area (Å²) in [6.45, 7) is 5.45. The van der Waals surface area contributed by atoms with Crippen molar-refractivity contribution in [3.63, 3.8) is 0 Å². The summed E-state index contributed by atoms with van der Waals surface area (Å²) in [4.78, 5) is 175. The molecule has 12 atom stereocenters. The number of hydrogen-bond donors (Lipinski definition) is 3. The molecule has 4 aliphatic carbocycles. The number of likely N-dealkylation sites (N-methyl/N-ethyl adjacent to an activating group) is 5. The molecule has 11 amide bonds. The van der Waals surface area contributed by atoms with E-state index in [1.807, 2.05) is 0 Å². The molecule has 103 heavy (non-hydrogen) atoms. The highest BCUT2D eigenvalue weighted by Gasteiger charge is 2.56. The van der Waals surface area contributed by atoms with Crippen molar-refractivity contribution in [3.8, 4) is 0 Å². The number of rotatable bonds is 11. The number of fused-ring (bicyclic) bond motifs is 4. The molecular weight excluding hydrogens is 1360 g/mol. The minimum atomic E-state index is -5.20. The molecule has 31 heteroatoms. The Morgan fingerprint density at radius 2 is 1.25 bits per heavy atom. The summed E-state index contributed by atoms with van der Waals surface area (Å²) in [6, 6.07) is -9.86. The summed E-state index contributed by atoms with van der Waals surface area (Å²) in [6.07, 6.45) is -10.6. The van der Waals surface area contributed by atoms with Crippen molar-refractivity contribution >= 4 is 65.0 Å². The lowest BCUT2D eigenvalue weighted by molar-refractivity contribution is -0.219. The van der Waals surface area contributed by atoms with Crippen LogP contribution >= 0.6 is 0 Å². The van der Waals surface area contributed by atoms with Gasteiger partial charge in [-0.05, 0) is 153 Å². The lowest BCUT2D eigenvalue weighted by Gasteiger charge is -2.46. The van der Waals surface area contributed by atoms with Crippen LogP contribution in [-0.2, 0) is 57.5 Å². The number of alkyl halides is 8. The maximum atomic E-state index is 15.5. The smallest absolute Gasteiger partial charge is 0.377 e. The largest absolute Gasteiger partial charge is 0.397 e. The highest BCUT2D eigenvalue weighted by atomic mass is 19.4. The van der Waals surface area contributed by atoms with Gasteiger partial charge in [0.1, 0.15) is 66.1 Å². The van der Waals surface area contributed by atoms with Crippen LogP contribution in [0.2, 0.25) is 0 Å². The first-order valence-corrected chi connectivity index (χ1v) is 37.4. The fraction of sp³-hybridized carbons (Fsp3) is 0.819. The molecule has 23 nitrogen and oxygen atoms in total. The summed E-state index contributed by atoms with van der Waals surface area (Å²) in [5.74, 6) is -14.7. The van der Waals surface area contributed by atoms with E-state index in [0.29, 0.717) is 38.5 Å². The van der Waals surface area contributed by atoms with Crippen molar-refractivity contribution in [1.29, 1.82) is 0 Å². The van der Waals surface area contributed by atoms with Gasteiger partial charge >= 0.3 is 12.4 Å². The van der Waals surface area contributed by atoms with E-state index in [9.17, 15) is 50.3 Å². The summed E-state index contributed by atoms with van der Waals surface area (Å²) in [5, 5.41) is 8.47. The van der Waals surface area contributed by atoms with E-state index in [2.05, 4.69) is 16.0 Å². The third-order valence-electron chi connectivity index (χ3n) is 23.8. The molecule has 0 aromatic carbocycles. The maximum Gasteiger partial charge on any atom is 0.397 e. The quantitative estimate of drug-likeness (QED) is 0.143. The molecule has 2 unspecified atom stereocenters. The fourth-order valence-corrected chi connectivity index (χ4v) is 17.2. The molecule has 1 spiro atoms. The Balaban J connectivity index is 1.17. The Bertz CT molecular complexity index is 3060. The van der Waals surface area contributed by atoms with E-state index in [4.69, 9.17) is 4.74 Å². The summed E-state index contributed by atoms with van der Waals surface area (Å²) in [5.41, 5.74) is -1.58. The topological polar surface area (TPSA) is 259 Å². The lowest BCUT2D eigenvalue weighted by Crippen LogP contribution is -2.68. The highest BCUT2D eigenvalue weighted by molar-refractivity contribution is 6.00. The van der Waals surface area contributed by atoms with Crippen LogP contribution in [-0.4, -0.2) is 263 Å². The van der Waals surface area contributed by atoms with E-state index in [1.165, 1.54) is 49.9 Å². The number of halogens is 8. The predicted molar refractivity (Wildman–Crippen MR) is 361 cm³/mol. The Kier molecular flexibility index (Phi) is 28.0.